The van der Waals surface area contributed by atoms with Gasteiger partial charge in [-0.25, -0.2) is 4.98 Å². The molecule has 2 aromatic carbocycles. The molecule has 6 heteroatoms. The van der Waals surface area contributed by atoms with E-state index < -0.39 is 0 Å². The summed E-state index contributed by atoms with van der Waals surface area (Å²) in [6.07, 6.45) is 2.07. The fraction of sp³-hybridized carbons (Fsp3) is 0.364. The van der Waals surface area contributed by atoms with Gasteiger partial charge in [0.2, 0.25) is 5.91 Å². The molecule has 1 amide bonds. The summed E-state index contributed by atoms with van der Waals surface area (Å²) >= 11 is 1.73. The zero-order valence-electron chi connectivity index (χ0n) is 16.4. The van der Waals surface area contributed by atoms with E-state index in [1.54, 1.807) is 11.8 Å². The second-order valence-electron chi connectivity index (χ2n) is 7.31. The van der Waals surface area contributed by atoms with E-state index in [1.165, 1.54) is 5.56 Å². The molecule has 2 heterocycles. The Morgan fingerprint density at radius 3 is 2.64 bits per heavy atom. The molecule has 28 heavy (non-hydrogen) atoms. The largest absolute Gasteiger partial charge is 0.332 e. The lowest BCUT2D eigenvalue weighted by Gasteiger charge is -2.40. The molecule has 1 aliphatic heterocycles. The first-order chi connectivity index (χ1) is 13.7. The summed E-state index contributed by atoms with van der Waals surface area (Å²) in [4.78, 5) is 22.5. The Hall–Kier alpha value is -2.31. The van der Waals surface area contributed by atoms with Crippen molar-refractivity contribution in [1.29, 1.82) is 0 Å². The van der Waals surface area contributed by atoms with Crippen LogP contribution in [0, 0.1) is 0 Å². The molecule has 1 fully saturated rings. The molecule has 1 saturated heterocycles. The van der Waals surface area contributed by atoms with Crippen LogP contribution in [0.4, 0.5) is 0 Å². The lowest BCUT2D eigenvalue weighted by Crippen LogP contribution is -2.50. The summed E-state index contributed by atoms with van der Waals surface area (Å²) in [7, 11) is 2.12. The van der Waals surface area contributed by atoms with Crippen molar-refractivity contribution in [2.75, 3.05) is 32.9 Å². The highest BCUT2D eigenvalue weighted by atomic mass is 32.2. The highest BCUT2D eigenvalue weighted by molar-refractivity contribution is 7.97. The van der Waals surface area contributed by atoms with E-state index in [1.807, 2.05) is 41.3 Å². The van der Waals surface area contributed by atoms with Crippen LogP contribution in [0.25, 0.3) is 11.0 Å². The van der Waals surface area contributed by atoms with Gasteiger partial charge in [0.1, 0.15) is 12.4 Å². The van der Waals surface area contributed by atoms with Crippen LogP contribution in [0.1, 0.15) is 17.4 Å². The molecule has 0 bridgehead atoms. The van der Waals surface area contributed by atoms with Gasteiger partial charge in [-0.05, 0) is 31.0 Å². The highest BCUT2D eigenvalue weighted by Gasteiger charge is 2.30. The highest BCUT2D eigenvalue weighted by Crippen LogP contribution is 2.26. The van der Waals surface area contributed by atoms with Crippen LogP contribution in [0.2, 0.25) is 0 Å². The number of hydrogen-bond acceptors (Lipinski definition) is 4. The first kappa shape index (κ1) is 19.0. The normalized spacial score (nSPS) is 17.9. The average molecular weight is 395 g/mol. The van der Waals surface area contributed by atoms with Gasteiger partial charge in [-0.3, -0.25) is 4.79 Å². The number of fused-ring (bicyclic) bond motifs is 1. The van der Waals surface area contributed by atoms with Crippen LogP contribution in [0.3, 0.4) is 0 Å². The van der Waals surface area contributed by atoms with Crippen LogP contribution in [-0.2, 0) is 17.1 Å². The topological polar surface area (TPSA) is 41.4 Å². The number of hydrogen-bond donors (Lipinski definition) is 0. The number of imidazole rings is 1. The number of benzene rings is 2. The second kappa shape index (κ2) is 8.37. The van der Waals surface area contributed by atoms with Gasteiger partial charge in [-0.15, -0.1) is 0 Å². The molecule has 1 aromatic heterocycles. The van der Waals surface area contributed by atoms with Crippen molar-refractivity contribution >= 4 is 28.7 Å². The summed E-state index contributed by atoms with van der Waals surface area (Å²) in [5, 5.41) is 0. The molecule has 0 aliphatic carbocycles. The third-order valence-electron chi connectivity index (χ3n) is 5.39. The molecule has 0 N–H and O–H groups in total. The smallest absolute Gasteiger partial charge is 0.243 e. The molecule has 146 valence electrons. The average Bonchev–Trinajstić information content (AvgIpc) is 3.06. The number of likely N-dealkylation sites (N-methyl/N-ethyl adjacent to an activating group) is 1. The van der Waals surface area contributed by atoms with Gasteiger partial charge in [0.25, 0.3) is 0 Å². The van der Waals surface area contributed by atoms with Crippen molar-refractivity contribution in [1.82, 2.24) is 19.4 Å². The Bertz CT molecular complexity index is 956. The molecule has 1 aliphatic rings. The monoisotopic (exact) mass is 394 g/mol. The SMILES string of the molecule is CSCc1nc2ccccc2n1CC(=O)N1CCN(C)C[C@@H]1c1ccccc1. The van der Waals surface area contributed by atoms with Crippen LogP contribution in [0.5, 0.6) is 0 Å². The third kappa shape index (κ3) is 3.80. The fourth-order valence-electron chi connectivity index (χ4n) is 3.95. The van der Waals surface area contributed by atoms with Crippen molar-refractivity contribution in [2.24, 2.45) is 0 Å². The Morgan fingerprint density at radius 2 is 1.86 bits per heavy atom. The summed E-state index contributed by atoms with van der Waals surface area (Å²) < 4.78 is 2.09. The maximum atomic E-state index is 13.4. The number of rotatable bonds is 5. The van der Waals surface area contributed by atoms with Crippen molar-refractivity contribution in [3.8, 4) is 0 Å². The predicted molar refractivity (Wildman–Crippen MR) is 115 cm³/mol. The Morgan fingerprint density at radius 1 is 1.11 bits per heavy atom. The molecule has 0 saturated carbocycles. The number of thioether (sulfide) groups is 1. The van der Waals surface area contributed by atoms with Crippen LogP contribution in [-0.4, -0.2) is 58.2 Å². The molecule has 0 spiro atoms. The molecule has 5 nitrogen and oxygen atoms in total. The Kier molecular flexibility index (Phi) is 5.69. The van der Waals surface area contributed by atoms with Gasteiger partial charge in [0.15, 0.2) is 0 Å². The van der Waals surface area contributed by atoms with E-state index in [9.17, 15) is 4.79 Å². The van der Waals surface area contributed by atoms with Crippen molar-refractivity contribution in [3.05, 3.63) is 66.0 Å². The van der Waals surface area contributed by atoms with E-state index in [0.29, 0.717) is 6.54 Å². The number of nitrogens with zero attached hydrogens (tertiary/aromatic N) is 4. The van der Waals surface area contributed by atoms with E-state index in [0.717, 1.165) is 42.2 Å². The quantitative estimate of drug-likeness (QED) is 0.665. The molecule has 3 aromatic rings. The van der Waals surface area contributed by atoms with Gasteiger partial charge in [0, 0.05) is 19.6 Å². The summed E-state index contributed by atoms with van der Waals surface area (Å²) in [5.74, 6) is 1.92. The van der Waals surface area contributed by atoms with Gasteiger partial charge in [0.05, 0.1) is 22.8 Å². The maximum absolute atomic E-state index is 13.4. The van der Waals surface area contributed by atoms with Crippen molar-refractivity contribution < 1.29 is 4.79 Å². The van der Waals surface area contributed by atoms with Gasteiger partial charge < -0.3 is 14.4 Å². The van der Waals surface area contributed by atoms with Crippen molar-refractivity contribution in [2.45, 2.75) is 18.3 Å². The zero-order valence-corrected chi connectivity index (χ0v) is 17.2. The number of carbonyl (C=O) groups excluding carboxylic acids is 1. The summed E-state index contributed by atoms with van der Waals surface area (Å²) in [6, 6.07) is 18.5. The van der Waals surface area contributed by atoms with Crippen molar-refractivity contribution in [3.63, 3.8) is 0 Å². The number of carbonyl (C=O) groups is 1. The third-order valence-corrected chi connectivity index (χ3v) is 5.94. The number of amides is 1. The van der Waals surface area contributed by atoms with Gasteiger partial charge in [-0.1, -0.05) is 42.5 Å². The number of aromatic nitrogens is 2. The molecule has 1 atom stereocenters. The molecule has 4 rings (SSSR count). The Balaban J connectivity index is 1.64. The maximum Gasteiger partial charge on any atom is 0.243 e. The number of piperazine rings is 1. The minimum atomic E-state index is 0.0891. The molecule has 0 radical (unpaired) electrons. The van der Waals surface area contributed by atoms with Crippen LogP contribution >= 0.6 is 11.8 Å². The van der Waals surface area contributed by atoms with Crippen LogP contribution < -0.4 is 0 Å². The predicted octanol–water partition coefficient (Wildman–Crippen LogP) is 3.41. The Labute approximate surface area is 170 Å². The van der Waals surface area contributed by atoms with Gasteiger partial charge in [-0.2, -0.15) is 11.8 Å². The minimum Gasteiger partial charge on any atom is -0.332 e. The zero-order chi connectivity index (χ0) is 19.5. The lowest BCUT2D eigenvalue weighted by molar-refractivity contribution is -0.136. The summed E-state index contributed by atoms with van der Waals surface area (Å²) in [6.45, 7) is 2.85. The van der Waals surface area contributed by atoms with E-state index in [2.05, 4.69) is 41.0 Å². The molecule has 0 unspecified atom stereocenters. The van der Waals surface area contributed by atoms with E-state index in [-0.39, 0.29) is 11.9 Å². The standard InChI is InChI=1S/C22H26N4OS/c1-24-12-13-25(20(14-24)17-8-4-3-5-9-17)22(27)15-26-19-11-7-6-10-18(19)23-21(26)16-28-2/h3-11,20H,12-16H2,1-2H3/t20-/m1/s1. The summed E-state index contributed by atoms with van der Waals surface area (Å²) in [5.41, 5.74) is 3.19. The fourth-order valence-corrected chi connectivity index (χ4v) is 4.42. The van der Waals surface area contributed by atoms with E-state index >= 15 is 0 Å². The molecular weight excluding hydrogens is 368 g/mol. The van der Waals surface area contributed by atoms with Crippen LogP contribution in [0.15, 0.2) is 54.6 Å². The minimum absolute atomic E-state index is 0.0891. The van der Waals surface area contributed by atoms with Gasteiger partial charge >= 0.3 is 0 Å². The first-order valence-electron chi connectivity index (χ1n) is 9.63. The second-order valence-corrected chi connectivity index (χ2v) is 8.18. The number of para-hydroxylation sites is 2. The first-order valence-corrected chi connectivity index (χ1v) is 11.0. The van der Waals surface area contributed by atoms with E-state index in [4.69, 9.17) is 4.98 Å². The lowest BCUT2D eigenvalue weighted by atomic mass is 10.0. The molecular formula is C22H26N4OS.